The summed E-state index contributed by atoms with van der Waals surface area (Å²) in [6.45, 7) is 8.50. The zero-order valence-corrected chi connectivity index (χ0v) is 14.4. The molecule has 0 aliphatic carbocycles. The molecule has 0 unspecified atom stereocenters. The summed E-state index contributed by atoms with van der Waals surface area (Å²) < 4.78 is 5.14. The predicted molar refractivity (Wildman–Crippen MR) is 91.5 cm³/mol. The first-order valence-electron chi connectivity index (χ1n) is 8.96. The van der Waals surface area contributed by atoms with Gasteiger partial charge in [0, 0.05) is 12.8 Å². The third-order valence-corrected chi connectivity index (χ3v) is 3.78. The number of esters is 1. The first kappa shape index (κ1) is 20.2. The van der Waals surface area contributed by atoms with Crippen LogP contribution in [-0.4, -0.2) is 12.6 Å². The molecule has 21 heavy (non-hydrogen) atoms. The van der Waals surface area contributed by atoms with E-state index in [1.807, 2.05) is 6.92 Å². The molecule has 0 aliphatic rings. The lowest BCUT2D eigenvalue weighted by Crippen LogP contribution is -2.05. The van der Waals surface area contributed by atoms with Gasteiger partial charge in [0.05, 0.1) is 6.61 Å². The van der Waals surface area contributed by atoms with Crippen molar-refractivity contribution in [3.63, 3.8) is 0 Å². The number of hydrogen-bond donors (Lipinski definition) is 0. The van der Waals surface area contributed by atoms with Crippen molar-refractivity contribution in [2.45, 2.75) is 97.3 Å². The van der Waals surface area contributed by atoms with E-state index in [0.717, 1.165) is 24.8 Å². The molecule has 2 heteroatoms. The van der Waals surface area contributed by atoms with E-state index >= 15 is 0 Å². The lowest BCUT2D eigenvalue weighted by atomic mass is 10.1. The average Bonchev–Trinajstić information content (AvgIpc) is 2.44. The van der Waals surface area contributed by atoms with Crippen LogP contribution in [0.25, 0.3) is 0 Å². The second-order valence-electron chi connectivity index (χ2n) is 6.21. The van der Waals surface area contributed by atoms with Crippen LogP contribution in [0, 0.1) is 0 Å². The van der Waals surface area contributed by atoms with E-state index in [9.17, 15) is 4.79 Å². The van der Waals surface area contributed by atoms with Crippen LogP contribution in [0.1, 0.15) is 97.3 Å². The largest absolute Gasteiger partial charge is 0.465 e. The molecule has 0 atom stereocenters. The first-order chi connectivity index (χ1) is 10.2. The molecule has 0 saturated heterocycles. The summed E-state index contributed by atoms with van der Waals surface area (Å²) >= 11 is 0. The van der Waals surface area contributed by atoms with Crippen molar-refractivity contribution in [1.82, 2.24) is 0 Å². The van der Waals surface area contributed by atoms with Crippen molar-refractivity contribution in [2.24, 2.45) is 0 Å². The highest BCUT2D eigenvalue weighted by Gasteiger charge is 2.02. The highest BCUT2D eigenvalue weighted by Crippen LogP contribution is 2.12. The van der Waals surface area contributed by atoms with Crippen molar-refractivity contribution < 1.29 is 9.53 Å². The fourth-order valence-corrected chi connectivity index (χ4v) is 2.34. The highest BCUT2D eigenvalue weighted by atomic mass is 16.5. The van der Waals surface area contributed by atoms with Crippen molar-refractivity contribution in [1.29, 1.82) is 0 Å². The maximum atomic E-state index is 11.4. The molecule has 0 saturated carbocycles. The molecule has 0 fully saturated rings. The summed E-state index contributed by atoms with van der Waals surface area (Å²) in [4.78, 5) is 11.4. The summed E-state index contributed by atoms with van der Waals surface area (Å²) in [7, 11) is 0. The standard InChI is InChI=1S/C19H36O2/c1-4-5-6-7-8-9-10-11-12-13-14-15-19(20)21-17-16-18(2)3/h2,4-17H2,1,3H3. The van der Waals surface area contributed by atoms with Crippen LogP contribution in [0.4, 0.5) is 0 Å². The normalized spacial score (nSPS) is 10.6. The van der Waals surface area contributed by atoms with E-state index in [1.54, 1.807) is 0 Å². The summed E-state index contributed by atoms with van der Waals surface area (Å²) in [5, 5.41) is 0. The topological polar surface area (TPSA) is 26.3 Å². The lowest BCUT2D eigenvalue weighted by Gasteiger charge is -2.05. The molecule has 0 radical (unpaired) electrons. The van der Waals surface area contributed by atoms with Gasteiger partial charge in [-0.2, -0.15) is 0 Å². The molecule has 0 N–H and O–H groups in total. The minimum atomic E-state index is -0.0489. The third kappa shape index (κ3) is 17.2. The number of rotatable bonds is 15. The molecule has 0 heterocycles. The SMILES string of the molecule is C=C(C)CCOC(=O)CCCCCCCCCCCCC. The summed E-state index contributed by atoms with van der Waals surface area (Å²) in [5.74, 6) is -0.0489. The van der Waals surface area contributed by atoms with E-state index < -0.39 is 0 Å². The Hall–Kier alpha value is -0.790. The Kier molecular flexibility index (Phi) is 15.0. The fourth-order valence-electron chi connectivity index (χ4n) is 2.34. The van der Waals surface area contributed by atoms with Gasteiger partial charge in [-0.3, -0.25) is 4.79 Å². The maximum absolute atomic E-state index is 11.4. The van der Waals surface area contributed by atoms with Crippen molar-refractivity contribution in [2.75, 3.05) is 6.61 Å². The molecule has 0 aliphatic heterocycles. The van der Waals surface area contributed by atoms with Gasteiger partial charge in [-0.05, 0) is 13.3 Å². The Balaban J connectivity index is 3.14. The van der Waals surface area contributed by atoms with E-state index in [0.29, 0.717) is 13.0 Å². The summed E-state index contributed by atoms with van der Waals surface area (Å²) in [6, 6.07) is 0. The van der Waals surface area contributed by atoms with Crippen LogP contribution < -0.4 is 0 Å². The van der Waals surface area contributed by atoms with Crippen LogP contribution in [-0.2, 0) is 9.53 Å². The van der Waals surface area contributed by atoms with Crippen LogP contribution in [0.3, 0.4) is 0 Å². The average molecular weight is 296 g/mol. The molecule has 124 valence electrons. The Labute approximate surface area is 132 Å². The molecule has 0 rings (SSSR count). The van der Waals surface area contributed by atoms with Gasteiger partial charge in [0.1, 0.15) is 0 Å². The minimum Gasteiger partial charge on any atom is -0.465 e. The smallest absolute Gasteiger partial charge is 0.305 e. The molecular weight excluding hydrogens is 260 g/mol. The fraction of sp³-hybridized carbons (Fsp3) is 0.842. The van der Waals surface area contributed by atoms with Gasteiger partial charge in [-0.1, -0.05) is 76.7 Å². The molecule has 0 aromatic rings. The quantitative estimate of drug-likeness (QED) is 0.204. The molecule has 0 aromatic heterocycles. The van der Waals surface area contributed by atoms with Gasteiger partial charge in [0.15, 0.2) is 0 Å². The predicted octanol–water partition coefficient (Wildman–Crippen LogP) is 6.20. The Bertz CT molecular complexity index is 258. The number of unbranched alkanes of at least 4 members (excludes halogenated alkanes) is 10. The van der Waals surface area contributed by atoms with Gasteiger partial charge in [-0.25, -0.2) is 0 Å². The zero-order chi connectivity index (χ0) is 15.8. The van der Waals surface area contributed by atoms with Crippen molar-refractivity contribution in [3.05, 3.63) is 12.2 Å². The summed E-state index contributed by atoms with van der Waals surface area (Å²) in [5.41, 5.74) is 1.07. The maximum Gasteiger partial charge on any atom is 0.305 e. The van der Waals surface area contributed by atoms with Crippen molar-refractivity contribution in [3.8, 4) is 0 Å². The molecule has 0 spiro atoms. The monoisotopic (exact) mass is 296 g/mol. The molecular formula is C19H36O2. The van der Waals surface area contributed by atoms with Gasteiger partial charge >= 0.3 is 5.97 Å². The third-order valence-electron chi connectivity index (χ3n) is 3.78. The van der Waals surface area contributed by atoms with Crippen LogP contribution in [0.5, 0.6) is 0 Å². The van der Waals surface area contributed by atoms with Crippen LogP contribution >= 0.6 is 0 Å². The van der Waals surface area contributed by atoms with Gasteiger partial charge < -0.3 is 4.74 Å². The van der Waals surface area contributed by atoms with Crippen LogP contribution in [0.15, 0.2) is 12.2 Å². The highest BCUT2D eigenvalue weighted by molar-refractivity contribution is 5.69. The Morgan fingerprint density at radius 3 is 1.76 bits per heavy atom. The van der Waals surface area contributed by atoms with Gasteiger partial charge in [-0.15, -0.1) is 6.58 Å². The zero-order valence-electron chi connectivity index (χ0n) is 14.4. The Morgan fingerprint density at radius 1 is 0.810 bits per heavy atom. The number of carbonyl (C=O) groups excluding carboxylic acids is 1. The molecule has 2 nitrogen and oxygen atoms in total. The first-order valence-corrected chi connectivity index (χ1v) is 8.96. The molecule has 0 amide bonds. The minimum absolute atomic E-state index is 0.0489. The molecule has 0 aromatic carbocycles. The van der Waals surface area contributed by atoms with Gasteiger partial charge in [0.25, 0.3) is 0 Å². The van der Waals surface area contributed by atoms with E-state index in [2.05, 4.69) is 13.5 Å². The van der Waals surface area contributed by atoms with Gasteiger partial charge in [0.2, 0.25) is 0 Å². The number of ether oxygens (including phenoxy) is 1. The number of carbonyl (C=O) groups is 1. The second-order valence-corrected chi connectivity index (χ2v) is 6.21. The van der Waals surface area contributed by atoms with Crippen LogP contribution in [0.2, 0.25) is 0 Å². The Morgan fingerprint density at radius 2 is 1.29 bits per heavy atom. The van der Waals surface area contributed by atoms with E-state index in [4.69, 9.17) is 4.74 Å². The lowest BCUT2D eigenvalue weighted by molar-refractivity contribution is -0.143. The van der Waals surface area contributed by atoms with E-state index in [1.165, 1.54) is 57.8 Å². The second kappa shape index (κ2) is 15.6. The van der Waals surface area contributed by atoms with E-state index in [-0.39, 0.29) is 5.97 Å². The summed E-state index contributed by atoms with van der Waals surface area (Å²) in [6.07, 6.45) is 15.7. The number of hydrogen-bond acceptors (Lipinski definition) is 2. The van der Waals surface area contributed by atoms with Crippen molar-refractivity contribution >= 4 is 5.97 Å². The molecule has 0 bridgehead atoms.